The van der Waals surface area contributed by atoms with Crippen LogP contribution < -0.4 is 0 Å². The van der Waals surface area contributed by atoms with Gasteiger partial charge in [-0.15, -0.1) is 0 Å². The minimum absolute atomic E-state index is 0.349. The van der Waals surface area contributed by atoms with Crippen LogP contribution in [0.1, 0.15) is 12.8 Å². The molecule has 4 atom stereocenters. The van der Waals surface area contributed by atoms with Crippen molar-refractivity contribution < 1.29 is 24.6 Å². The summed E-state index contributed by atoms with van der Waals surface area (Å²) in [4.78, 5) is 22.6. The van der Waals surface area contributed by atoms with E-state index in [0.717, 1.165) is 0 Å². The van der Waals surface area contributed by atoms with Gasteiger partial charge in [0.1, 0.15) is 0 Å². The fraction of sp³-hybridized carbons (Fsp3) is 0.778. The van der Waals surface area contributed by atoms with Gasteiger partial charge in [0.15, 0.2) is 0 Å². The number of carbonyl (C=O) groups excluding carboxylic acids is 1. The molecule has 0 spiro atoms. The molecule has 15 heavy (non-hydrogen) atoms. The smallest absolute Gasteiger partial charge is 0.310 e. The number of amides is 1. The van der Waals surface area contributed by atoms with Gasteiger partial charge < -0.3 is 9.84 Å². The van der Waals surface area contributed by atoms with E-state index in [1.54, 1.807) is 0 Å². The van der Waals surface area contributed by atoms with Crippen molar-refractivity contribution in [3.8, 4) is 0 Å². The maximum atomic E-state index is 11.6. The number of fused-ring (bicyclic) bond motifs is 2. The Morgan fingerprint density at radius 3 is 2.27 bits per heavy atom. The van der Waals surface area contributed by atoms with Crippen molar-refractivity contribution in [2.45, 2.75) is 25.0 Å². The molecule has 84 valence electrons. The summed E-state index contributed by atoms with van der Waals surface area (Å²) in [6, 6.07) is 0. The number of nitrogens with zero attached hydrogens (tertiary/aromatic N) is 1. The van der Waals surface area contributed by atoms with Gasteiger partial charge in [-0.05, 0) is 12.8 Å². The van der Waals surface area contributed by atoms with E-state index in [0.29, 0.717) is 17.9 Å². The van der Waals surface area contributed by atoms with E-state index in [9.17, 15) is 9.59 Å². The highest BCUT2D eigenvalue weighted by Crippen LogP contribution is 2.44. The monoisotopic (exact) mass is 215 g/mol. The van der Waals surface area contributed by atoms with Gasteiger partial charge in [-0.2, -0.15) is 0 Å². The lowest BCUT2D eigenvalue weighted by Crippen LogP contribution is -2.43. The Bertz CT molecular complexity index is 303. The van der Waals surface area contributed by atoms with Crippen molar-refractivity contribution in [3.63, 3.8) is 0 Å². The zero-order chi connectivity index (χ0) is 11.2. The van der Waals surface area contributed by atoms with Crippen molar-refractivity contribution in [1.82, 2.24) is 5.06 Å². The number of carbonyl (C=O) groups is 2. The van der Waals surface area contributed by atoms with E-state index in [-0.39, 0.29) is 12.2 Å². The van der Waals surface area contributed by atoms with Gasteiger partial charge in [0.05, 0.1) is 24.0 Å². The number of carboxylic acids is 1. The molecule has 0 aromatic carbocycles. The molecule has 4 unspecified atom stereocenters. The molecular formula is C9H13NO5. The Hall–Kier alpha value is -1.14. The number of hydrogen-bond acceptors (Lipinski definition) is 4. The third-order valence-corrected chi connectivity index (χ3v) is 3.16. The van der Waals surface area contributed by atoms with Gasteiger partial charge >= 0.3 is 5.97 Å². The third-order valence-electron chi connectivity index (χ3n) is 3.16. The number of aliphatic carboxylic acids is 1. The molecule has 2 aliphatic heterocycles. The Kier molecular flexibility index (Phi) is 2.40. The second-order valence-corrected chi connectivity index (χ2v) is 4.04. The summed E-state index contributed by atoms with van der Waals surface area (Å²) in [6.45, 7) is 0. The first-order chi connectivity index (χ1) is 7.02. The van der Waals surface area contributed by atoms with Crippen molar-refractivity contribution in [1.29, 1.82) is 0 Å². The molecule has 6 nitrogen and oxygen atoms in total. The molecule has 0 aliphatic carbocycles. The maximum absolute atomic E-state index is 11.6. The van der Waals surface area contributed by atoms with Crippen molar-refractivity contribution in [2.24, 2.45) is 11.8 Å². The average Bonchev–Trinajstić information content (AvgIpc) is 2.74. The second-order valence-electron chi connectivity index (χ2n) is 4.04. The highest BCUT2D eigenvalue weighted by Gasteiger charge is 2.56. The van der Waals surface area contributed by atoms with E-state index >= 15 is 0 Å². The van der Waals surface area contributed by atoms with Gasteiger partial charge in [-0.25, -0.2) is 5.06 Å². The summed E-state index contributed by atoms with van der Waals surface area (Å²) in [5, 5.41) is 18.5. The molecule has 0 aromatic heterocycles. The van der Waals surface area contributed by atoms with E-state index in [1.807, 2.05) is 0 Å². The molecule has 6 heteroatoms. The molecule has 2 bridgehead atoms. The van der Waals surface area contributed by atoms with Crippen LogP contribution in [0.5, 0.6) is 0 Å². The second kappa shape index (κ2) is 3.46. The van der Waals surface area contributed by atoms with Crippen LogP contribution in [0.2, 0.25) is 0 Å². The molecule has 2 aliphatic rings. The average molecular weight is 215 g/mol. The lowest BCUT2D eigenvalue weighted by Gasteiger charge is -2.25. The van der Waals surface area contributed by atoms with Crippen LogP contribution in [0, 0.1) is 11.8 Å². The van der Waals surface area contributed by atoms with Crippen LogP contribution in [0.4, 0.5) is 0 Å². The van der Waals surface area contributed by atoms with E-state index in [1.165, 1.54) is 7.05 Å². The molecule has 2 fully saturated rings. The highest BCUT2D eigenvalue weighted by molar-refractivity contribution is 5.85. The van der Waals surface area contributed by atoms with Gasteiger partial charge in [-0.3, -0.25) is 14.8 Å². The molecule has 2 saturated heterocycles. The predicted octanol–water partition coefficient (Wildman–Crippen LogP) is -0.288. The summed E-state index contributed by atoms with van der Waals surface area (Å²) in [7, 11) is 1.20. The van der Waals surface area contributed by atoms with Gasteiger partial charge in [0, 0.05) is 7.05 Å². The largest absolute Gasteiger partial charge is 0.481 e. The summed E-state index contributed by atoms with van der Waals surface area (Å²) in [5.41, 5.74) is 0. The van der Waals surface area contributed by atoms with E-state index in [4.69, 9.17) is 15.1 Å². The van der Waals surface area contributed by atoms with Gasteiger partial charge in [-0.1, -0.05) is 0 Å². The number of rotatable bonds is 2. The number of carboxylic acid groups (broad SMARTS) is 1. The Balaban J connectivity index is 2.22. The highest BCUT2D eigenvalue weighted by atomic mass is 16.5. The molecule has 0 aromatic rings. The lowest BCUT2D eigenvalue weighted by molar-refractivity contribution is -0.170. The standard InChI is InChI=1S/C9H13NO5/c1-10(14)8(11)6-4-2-3-5(15-4)7(6)9(12)13/h4-7,14H,2-3H2,1H3,(H,12,13). The van der Waals surface area contributed by atoms with Crippen molar-refractivity contribution in [3.05, 3.63) is 0 Å². The Morgan fingerprint density at radius 2 is 1.80 bits per heavy atom. The first-order valence-corrected chi connectivity index (χ1v) is 4.87. The van der Waals surface area contributed by atoms with Crippen LogP contribution in [0.15, 0.2) is 0 Å². The van der Waals surface area contributed by atoms with Gasteiger partial charge in [0.2, 0.25) is 0 Å². The quantitative estimate of drug-likeness (QED) is 0.488. The van der Waals surface area contributed by atoms with Crippen molar-refractivity contribution >= 4 is 11.9 Å². The lowest BCUT2D eigenvalue weighted by atomic mass is 9.79. The molecule has 1 amide bonds. The van der Waals surface area contributed by atoms with Crippen LogP contribution in [-0.2, 0) is 14.3 Å². The number of ether oxygens (including phenoxy) is 1. The van der Waals surface area contributed by atoms with Crippen LogP contribution in [0.3, 0.4) is 0 Å². The fourth-order valence-electron chi connectivity index (χ4n) is 2.52. The Morgan fingerprint density at radius 1 is 1.27 bits per heavy atom. The van der Waals surface area contributed by atoms with E-state index in [2.05, 4.69) is 0 Å². The molecule has 0 saturated carbocycles. The molecule has 0 radical (unpaired) electrons. The fourth-order valence-corrected chi connectivity index (χ4v) is 2.52. The minimum Gasteiger partial charge on any atom is -0.481 e. The SMILES string of the molecule is CN(O)C(=O)C1C2CCC(O2)C1C(=O)O. The topological polar surface area (TPSA) is 87.1 Å². The third kappa shape index (κ3) is 1.49. The molecular weight excluding hydrogens is 202 g/mol. The first-order valence-electron chi connectivity index (χ1n) is 4.87. The number of hydrogen-bond donors (Lipinski definition) is 2. The van der Waals surface area contributed by atoms with Crippen molar-refractivity contribution in [2.75, 3.05) is 7.05 Å². The predicted molar refractivity (Wildman–Crippen MR) is 47.1 cm³/mol. The summed E-state index contributed by atoms with van der Waals surface area (Å²) >= 11 is 0. The minimum atomic E-state index is -1.03. The zero-order valence-corrected chi connectivity index (χ0v) is 8.29. The van der Waals surface area contributed by atoms with E-state index < -0.39 is 23.7 Å². The first kappa shape index (κ1) is 10.4. The molecule has 2 N–H and O–H groups in total. The summed E-state index contributed by atoms with van der Waals surface area (Å²) in [5.74, 6) is -3.15. The molecule has 2 rings (SSSR count). The normalized spacial score (nSPS) is 38.0. The Labute approximate surface area is 86.4 Å². The van der Waals surface area contributed by atoms with Gasteiger partial charge in [0.25, 0.3) is 5.91 Å². The van der Waals surface area contributed by atoms with Crippen LogP contribution in [0.25, 0.3) is 0 Å². The zero-order valence-electron chi connectivity index (χ0n) is 8.29. The molecule has 2 heterocycles. The maximum Gasteiger partial charge on any atom is 0.310 e. The van der Waals surface area contributed by atoms with Crippen LogP contribution in [-0.4, -0.2) is 46.5 Å². The summed E-state index contributed by atoms with van der Waals surface area (Å²) in [6.07, 6.45) is 0.652. The van der Waals surface area contributed by atoms with Crippen LogP contribution >= 0.6 is 0 Å². The number of hydroxylamine groups is 2. The summed E-state index contributed by atoms with van der Waals surface area (Å²) < 4.78 is 5.39.